The summed E-state index contributed by atoms with van der Waals surface area (Å²) in [7, 11) is 1.71. The molecular formula is C13H19N3O. The van der Waals surface area contributed by atoms with Crippen LogP contribution in [0.25, 0.3) is 0 Å². The molecule has 1 fully saturated rings. The Morgan fingerprint density at radius 2 is 2.06 bits per heavy atom. The second kappa shape index (κ2) is 4.61. The summed E-state index contributed by atoms with van der Waals surface area (Å²) in [4.78, 5) is 9.38. The summed E-state index contributed by atoms with van der Waals surface area (Å²) in [5.41, 5.74) is 2.35. The molecule has 1 aliphatic heterocycles. The van der Waals surface area contributed by atoms with Gasteiger partial charge in [-0.3, -0.25) is 0 Å². The van der Waals surface area contributed by atoms with E-state index in [2.05, 4.69) is 10.3 Å². The van der Waals surface area contributed by atoms with Gasteiger partial charge in [-0.25, -0.2) is 4.98 Å². The maximum absolute atomic E-state index is 5.43. The molecule has 4 heteroatoms. The van der Waals surface area contributed by atoms with Crippen molar-refractivity contribution in [1.29, 1.82) is 0 Å². The lowest BCUT2D eigenvalue weighted by molar-refractivity contribution is 0.381. The van der Waals surface area contributed by atoms with Crippen LogP contribution in [0.5, 0.6) is 5.88 Å². The predicted molar refractivity (Wildman–Crippen MR) is 65.2 cm³/mol. The number of ether oxygens (including phenoxy) is 1. The highest BCUT2D eigenvalue weighted by atomic mass is 16.5. The van der Waals surface area contributed by atoms with Gasteiger partial charge in [-0.2, -0.15) is 4.98 Å². The van der Waals surface area contributed by atoms with Crippen molar-refractivity contribution in [2.75, 3.05) is 13.7 Å². The highest BCUT2D eigenvalue weighted by Gasteiger charge is 2.24. The number of rotatable bonds is 2. The Hall–Kier alpha value is -1.16. The second-order valence-corrected chi connectivity index (χ2v) is 4.92. The molecule has 0 unspecified atom stereocenters. The molecule has 1 aliphatic carbocycles. The van der Waals surface area contributed by atoms with E-state index in [1.807, 2.05) is 0 Å². The van der Waals surface area contributed by atoms with E-state index in [1.54, 1.807) is 7.11 Å². The van der Waals surface area contributed by atoms with E-state index in [1.165, 1.54) is 31.2 Å². The Morgan fingerprint density at radius 3 is 2.82 bits per heavy atom. The van der Waals surface area contributed by atoms with Crippen LogP contribution in [-0.2, 0) is 13.0 Å². The molecule has 0 radical (unpaired) electrons. The van der Waals surface area contributed by atoms with Gasteiger partial charge in [0.05, 0.1) is 12.8 Å². The van der Waals surface area contributed by atoms with Crippen LogP contribution < -0.4 is 10.1 Å². The maximum Gasteiger partial charge on any atom is 0.219 e. The van der Waals surface area contributed by atoms with Gasteiger partial charge in [0.15, 0.2) is 0 Å². The maximum atomic E-state index is 5.43. The minimum atomic E-state index is 0.552. The quantitative estimate of drug-likeness (QED) is 0.846. The van der Waals surface area contributed by atoms with E-state index in [0.717, 1.165) is 36.9 Å². The Kier molecular flexibility index (Phi) is 2.97. The average molecular weight is 233 g/mol. The van der Waals surface area contributed by atoms with Gasteiger partial charge in [0.1, 0.15) is 5.82 Å². The van der Waals surface area contributed by atoms with Gasteiger partial charge in [-0.1, -0.05) is 12.8 Å². The molecule has 92 valence electrons. The molecule has 17 heavy (non-hydrogen) atoms. The smallest absolute Gasteiger partial charge is 0.219 e. The Labute approximate surface area is 102 Å². The molecule has 2 aliphatic rings. The normalized spacial score (nSPS) is 20.3. The van der Waals surface area contributed by atoms with Gasteiger partial charge in [0, 0.05) is 18.0 Å². The first-order valence-corrected chi connectivity index (χ1v) is 6.53. The van der Waals surface area contributed by atoms with Crippen LogP contribution in [0.15, 0.2) is 0 Å². The lowest BCUT2D eigenvalue weighted by atomic mass is 10.0. The predicted octanol–water partition coefficient (Wildman–Crippen LogP) is 1.79. The lowest BCUT2D eigenvalue weighted by Gasteiger charge is -2.20. The van der Waals surface area contributed by atoms with E-state index in [4.69, 9.17) is 9.72 Å². The third-order valence-corrected chi connectivity index (χ3v) is 3.83. The summed E-state index contributed by atoms with van der Waals surface area (Å²) >= 11 is 0. The summed E-state index contributed by atoms with van der Waals surface area (Å²) in [5.74, 6) is 2.36. The fourth-order valence-corrected chi connectivity index (χ4v) is 2.88. The summed E-state index contributed by atoms with van der Waals surface area (Å²) in [6.07, 6.45) is 6.06. The summed E-state index contributed by atoms with van der Waals surface area (Å²) in [6, 6.07) is 0. The lowest BCUT2D eigenvalue weighted by Crippen LogP contribution is -2.26. The molecule has 0 aromatic carbocycles. The Morgan fingerprint density at radius 1 is 1.24 bits per heavy atom. The van der Waals surface area contributed by atoms with Gasteiger partial charge < -0.3 is 10.1 Å². The van der Waals surface area contributed by atoms with Crippen LogP contribution in [-0.4, -0.2) is 23.6 Å². The number of hydrogen-bond donors (Lipinski definition) is 1. The van der Waals surface area contributed by atoms with E-state index >= 15 is 0 Å². The van der Waals surface area contributed by atoms with Crippen LogP contribution in [0.1, 0.15) is 48.7 Å². The first kappa shape index (κ1) is 11.0. The van der Waals surface area contributed by atoms with E-state index in [0.29, 0.717) is 5.92 Å². The first-order chi connectivity index (χ1) is 8.38. The highest BCUT2D eigenvalue weighted by molar-refractivity contribution is 5.33. The van der Waals surface area contributed by atoms with E-state index in [9.17, 15) is 0 Å². The summed E-state index contributed by atoms with van der Waals surface area (Å²) in [5, 5.41) is 3.36. The van der Waals surface area contributed by atoms with Crippen molar-refractivity contribution in [1.82, 2.24) is 15.3 Å². The number of hydrogen-bond acceptors (Lipinski definition) is 4. The minimum Gasteiger partial charge on any atom is -0.481 e. The molecule has 1 aromatic heterocycles. The monoisotopic (exact) mass is 233 g/mol. The van der Waals surface area contributed by atoms with Gasteiger partial charge in [-0.15, -0.1) is 0 Å². The van der Waals surface area contributed by atoms with Crippen molar-refractivity contribution in [3.8, 4) is 5.88 Å². The van der Waals surface area contributed by atoms with Crippen molar-refractivity contribution in [2.45, 2.75) is 44.6 Å². The molecule has 2 heterocycles. The standard InChI is InChI=1S/C13H19N3O/c1-17-13-10-6-7-14-8-11(10)15-12(16-13)9-4-2-3-5-9/h9,14H,2-8H2,1H3. The van der Waals surface area contributed by atoms with Crippen LogP contribution in [0.4, 0.5) is 0 Å². The second-order valence-electron chi connectivity index (χ2n) is 4.92. The molecule has 4 nitrogen and oxygen atoms in total. The molecule has 1 saturated carbocycles. The van der Waals surface area contributed by atoms with Crippen molar-refractivity contribution < 1.29 is 4.74 Å². The molecule has 1 aromatic rings. The van der Waals surface area contributed by atoms with Crippen LogP contribution in [0.3, 0.4) is 0 Å². The molecule has 1 N–H and O–H groups in total. The minimum absolute atomic E-state index is 0.552. The van der Waals surface area contributed by atoms with E-state index in [-0.39, 0.29) is 0 Å². The number of methoxy groups -OCH3 is 1. The number of nitrogens with one attached hydrogen (secondary N) is 1. The van der Waals surface area contributed by atoms with Gasteiger partial charge >= 0.3 is 0 Å². The molecule has 0 atom stereocenters. The average Bonchev–Trinajstić information content (AvgIpc) is 2.91. The molecular weight excluding hydrogens is 214 g/mol. The molecule has 3 rings (SSSR count). The number of fused-ring (bicyclic) bond motifs is 1. The molecule has 0 bridgehead atoms. The van der Waals surface area contributed by atoms with Crippen molar-refractivity contribution in [2.24, 2.45) is 0 Å². The fraction of sp³-hybridized carbons (Fsp3) is 0.692. The van der Waals surface area contributed by atoms with Crippen LogP contribution in [0.2, 0.25) is 0 Å². The Bertz CT molecular complexity index is 396. The SMILES string of the molecule is COc1nc(C2CCCC2)nc2c1CCNC2. The molecule has 0 saturated heterocycles. The topological polar surface area (TPSA) is 47.0 Å². The zero-order chi connectivity index (χ0) is 11.7. The number of nitrogens with zero attached hydrogens (tertiary/aromatic N) is 2. The van der Waals surface area contributed by atoms with Gasteiger partial charge in [0.2, 0.25) is 5.88 Å². The highest BCUT2D eigenvalue weighted by Crippen LogP contribution is 2.34. The van der Waals surface area contributed by atoms with Crippen LogP contribution >= 0.6 is 0 Å². The van der Waals surface area contributed by atoms with Crippen molar-refractivity contribution >= 4 is 0 Å². The zero-order valence-electron chi connectivity index (χ0n) is 10.3. The largest absolute Gasteiger partial charge is 0.481 e. The van der Waals surface area contributed by atoms with E-state index < -0.39 is 0 Å². The summed E-state index contributed by atoms with van der Waals surface area (Å²) < 4.78 is 5.43. The number of aromatic nitrogens is 2. The van der Waals surface area contributed by atoms with Crippen molar-refractivity contribution in [3.63, 3.8) is 0 Å². The van der Waals surface area contributed by atoms with Gasteiger partial charge in [0.25, 0.3) is 0 Å². The van der Waals surface area contributed by atoms with Crippen molar-refractivity contribution in [3.05, 3.63) is 17.1 Å². The molecule has 0 amide bonds. The van der Waals surface area contributed by atoms with Crippen LogP contribution in [0, 0.1) is 0 Å². The third-order valence-electron chi connectivity index (χ3n) is 3.83. The molecule has 0 spiro atoms. The zero-order valence-corrected chi connectivity index (χ0v) is 10.3. The first-order valence-electron chi connectivity index (χ1n) is 6.53. The fourth-order valence-electron chi connectivity index (χ4n) is 2.88. The van der Waals surface area contributed by atoms with Gasteiger partial charge in [-0.05, 0) is 25.8 Å². The Balaban J connectivity index is 1.99. The third kappa shape index (κ3) is 2.02. The summed E-state index contributed by atoms with van der Waals surface area (Å²) in [6.45, 7) is 1.85.